The highest BCUT2D eigenvalue weighted by molar-refractivity contribution is 5.96. The smallest absolute Gasteiger partial charge is 0.331 e. The number of amides is 1. The minimum Gasteiger partial charge on any atom is -0.493 e. The van der Waals surface area contributed by atoms with E-state index in [1.807, 2.05) is 12.1 Å². The summed E-state index contributed by atoms with van der Waals surface area (Å²) in [4.78, 5) is 26.0. The lowest BCUT2D eigenvalue weighted by Crippen LogP contribution is -2.35. The van der Waals surface area contributed by atoms with E-state index in [-0.39, 0.29) is 13.0 Å². The first-order chi connectivity index (χ1) is 14.1. The minimum atomic E-state index is -0.670. The zero-order chi connectivity index (χ0) is 21.1. The van der Waals surface area contributed by atoms with Gasteiger partial charge in [-0.1, -0.05) is 30.3 Å². The highest BCUT2D eigenvalue weighted by atomic mass is 16.5. The van der Waals surface area contributed by atoms with Crippen molar-refractivity contribution in [3.05, 3.63) is 60.2 Å². The van der Waals surface area contributed by atoms with Crippen LogP contribution in [0.2, 0.25) is 0 Å². The van der Waals surface area contributed by atoms with Crippen molar-refractivity contribution in [3.8, 4) is 17.6 Å². The van der Waals surface area contributed by atoms with E-state index < -0.39 is 18.5 Å². The molecule has 7 heteroatoms. The van der Waals surface area contributed by atoms with Gasteiger partial charge in [0, 0.05) is 23.9 Å². The quantitative estimate of drug-likeness (QED) is 0.479. The van der Waals surface area contributed by atoms with Gasteiger partial charge in [-0.25, -0.2) is 4.79 Å². The average Bonchev–Trinajstić information content (AvgIpc) is 2.76. The van der Waals surface area contributed by atoms with Crippen molar-refractivity contribution >= 4 is 23.6 Å². The van der Waals surface area contributed by atoms with Crippen LogP contribution in [-0.2, 0) is 14.3 Å². The van der Waals surface area contributed by atoms with Crippen LogP contribution >= 0.6 is 0 Å². The van der Waals surface area contributed by atoms with E-state index in [0.29, 0.717) is 22.7 Å². The van der Waals surface area contributed by atoms with Gasteiger partial charge < -0.3 is 19.1 Å². The molecule has 0 aliphatic heterocycles. The summed E-state index contributed by atoms with van der Waals surface area (Å²) in [6.07, 6.45) is 2.91. The molecule has 0 heterocycles. The molecule has 0 aliphatic carbocycles. The Hall–Kier alpha value is -3.79. The fourth-order valence-corrected chi connectivity index (χ4v) is 2.63. The van der Waals surface area contributed by atoms with Crippen LogP contribution in [0.25, 0.3) is 6.08 Å². The molecule has 0 radical (unpaired) electrons. The van der Waals surface area contributed by atoms with Gasteiger partial charge in [-0.3, -0.25) is 4.79 Å². The monoisotopic (exact) mass is 394 g/mol. The summed E-state index contributed by atoms with van der Waals surface area (Å²) in [5, 5.41) is 8.82. The van der Waals surface area contributed by atoms with E-state index in [4.69, 9.17) is 19.5 Å². The van der Waals surface area contributed by atoms with Crippen LogP contribution in [0.15, 0.2) is 54.6 Å². The number of benzene rings is 2. The van der Waals surface area contributed by atoms with Gasteiger partial charge in [-0.05, 0) is 24.3 Å². The molecular weight excluding hydrogens is 372 g/mol. The number of hydrogen-bond donors (Lipinski definition) is 0. The molecule has 0 aliphatic rings. The van der Waals surface area contributed by atoms with Crippen LogP contribution < -0.4 is 14.4 Å². The van der Waals surface area contributed by atoms with Crippen molar-refractivity contribution in [3.63, 3.8) is 0 Å². The Morgan fingerprint density at radius 1 is 1.07 bits per heavy atom. The summed E-state index contributed by atoms with van der Waals surface area (Å²) in [7, 11) is 3.03. The predicted molar refractivity (Wildman–Crippen MR) is 109 cm³/mol. The number of rotatable bonds is 9. The highest BCUT2D eigenvalue weighted by Crippen LogP contribution is 2.31. The number of carbonyl (C=O) groups excluding carboxylic acids is 2. The summed E-state index contributed by atoms with van der Waals surface area (Å²) < 4.78 is 15.6. The van der Waals surface area contributed by atoms with Crippen LogP contribution in [0.4, 0.5) is 5.69 Å². The first-order valence-electron chi connectivity index (χ1n) is 8.89. The third-order valence-electron chi connectivity index (χ3n) is 3.99. The van der Waals surface area contributed by atoms with Crippen molar-refractivity contribution in [2.75, 3.05) is 32.3 Å². The topological polar surface area (TPSA) is 88.9 Å². The number of anilines is 1. The van der Waals surface area contributed by atoms with Gasteiger partial charge in [0.1, 0.15) is 0 Å². The molecule has 0 bridgehead atoms. The van der Waals surface area contributed by atoms with Crippen LogP contribution in [0.3, 0.4) is 0 Å². The number of carbonyl (C=O) groups is 2. The van der Waals surface area contributed by atoms with Crippen molar-refractivity contribution < 1.29 is 23.8 Å². The molecule has 7 nitrogen and oxygen atoms in total. The number of methoxy groups -OCH3 is 2. The second-order valence-electron chi connectivity index (χ2n) is 5.81. The van der Waals surface area contributed by atoms with Gasteiger partial charge in [-0.15, -0.1) is 0 Å². The molecule has 2 rings (SSSR count). The Bertz CT molecular complexity index is 903. The molecule has 150 valence electrons. The Labute approximate surface area is 169 Å². The maximum Gasteiger partial charge on any atom is 0.331 e. The number of ether oxygens (including phenoxy) is 3. The fraction of sp³-hybridized carbons (Fsp3) is 0.227. The molecule has 0 spiro atoms. The first kappa shape index (κ1) is 21.5. The maximum atomic E-state index is 12.5. The minimum absolute atomic E-state index is 0.171. The van der Waals surface area contributed by atoms with Crippen LogP contribution in [0.1, 0.15) is 12.0 Å². The highest BCUT2D eigenvalue weighted by Gasteiger charge is 2.17. The van der Waals surface area contributed by atoms with Crippen LogP contribution in [0.5, 0.6) is 11.5 Å². The lowest BCUT2D eigenvalue weighted by molar-refractivity contribution is -0.142. The molecule has 0 saturated carbocycles. The zero-order valence-corrected chi connectivity index (χ0v) is 16.3. The Balaban J connectivity index is 2.01. The summed E-state index contributed by atoms with van der Waals surface area (Å²) in [5.41, 5.74) is 1.27. The summed E-state index contributed by atoms with van der Waals surface area (Å²) >= 11 is 0. The van der Waals surface area contributed by atoms with Crippen molar-refractivity contribution in [1.29, 1.82) is 5.26 Å². The van der Waals surface area contributed by atoms with Gasteiger partial charge in [0.15, 0.2) is 18.1 Å². The largest absolute Gasteiger partial charge is 0.493 e. The van der Waals surface area contributed by atoms with Gasteiger partial charge in [0.2, 0.25) is 0 Å². The fourth-order valence-electron chi connectivity index (χ4n) is 2.63. The SMILES string of the molecule is COc1cccc(/C=C/C(=O)OCC(=O)N(CCC#N)c2ccccc2)c1OC. The number of nitrogens with zero attached hydrogens (tertiary/aromatic N) is 2. The second-order valence-corrected chi connectivity index (χ2v) is 5.81. The van der Waals surface area contributed by atoms with E-state index in [1.165, 1.54) is 31.3 Å². The molecular formula is C22H22N2O5. The number of para-hydroxylation sites is 2. The molecule has 1 amide bonds. The molecule has 29 heavy (non-hydrogen) atoms. The van der Waals surface area contributed by atoms with Gasteiger partial charge in [0.05, 0.1) is 26.7 Å². The van der Waals surface area contributed by atoms with Gasteiger partial charge in [0.25, 0.3) is 5.91 Å². The molecule has 0 unspecified atom stereocenters. The Kier molecular flexibility index (Phi) is 8.27. The second kappa shape index (κ2) is 11.1. The third kappa shape index (κ3) is 6.11. The molecule has 0 fully saturated rings. The van der Waals surface area contributed by atoms with E-state index in [1.54, 1.807) is 42.5 Å². The van der Waals surface area contributed by atoms with Crippen molar-refractivity contribution in [1.82, 2.24) is 0 Å². The lowest BCUT2D eigenvalue weighted by Gasteiger charge is -2.21. The Morgan fingerprint density at radius 3 is 2.48 bits per heavy atom. The summed E-state index contributed by atoms with van der Waals surface area (Å²) in [6.45, 7) is -0.216. The zero-order valence-electron chi connectivity index (χ0n) is 16.3. The number of nitriles is 1. The molecule has 2 aromatic rings. The average molecular weight is 394 g/mol. The normalized spacial score (nSPS) is 10.2. The van der Waals surface area contributed by atoms with Crippen molar-refractivity contribution in [2.24, 2.45) is 0 Å². The predicted octanol–water partition coefficient (Wildman–Crippen LogP) is 3.21. The maximum absolute atomic E-state index is 12.5. The first-order valence-corrected chi connectivity index (χ1v) is 8.89. The standard InChI is InChI=1S/C22H22N2O5/c1-27-19-11-6-8-17(22(19)28-2)12-13-21(26)29-16-20(25)24(15-7-14-23)18-9-4-3-5-10-18/h3-6,8-13H,7,15-16H2,1-2H3/b13-12+. The molecule has 0 N–H and O–H groups in total. The lowest BCUT2D eigenvalue weighted by atomic mass is 10.1. The van der Waals surface area contributed by atoms with E-state index in [2.05, 4.69) is 0 Å². The van der Waals surface area contributed by atoms with E-state index in [9.17, 15) is 9.59 Å². The van der Waals surface area contributed by atoms with Gasteiger partial charge >= 0.3 is 5.97 Å². The van der Waals surface area contributed by atoms with E-state index >= 15 is 0 Å². The molecule has 0 atom stereocenters. The molecule has 2 aromatic carbocycles. The Morgan fingerprint density at radius 2 is 1.83 bits per heavy atom. The van der Waals surface area contributed by atoms with E-state index in [0.717, 1.165) is 0 Å². The van der Waals surface area contributed by atoms with Crippen LogP contribution in [0, 0.1) is 11.3 Å². The third-order valence-corrected chi connectivity index (χ3v) is 3.99. The summed E-state index contributed by atoms with van der Waals surface area (Å²) in [6, 6.07) is 16.2. The van der Waals surface area contributed by atoms with Gasteiger partial charge in [-0.2, -0.15) is 5.26 Å². The number of esters is 1. The van der Waals surface area contributed by atoms with Crippen LogP contribution in [-0.4, -0.2) is 39.2 Å². The summed E-state index contributed by atoms with van der Waals surface area (Å²) in [5.74, 6) is -0.0558. The van der Waals surface area contributed by atoms with Crippen molar-refractivity contribution in [2.45, 2.75) is 6.42 Å². The number of hydrogen-bond acceptors (Lipinski definition) is 6. The molecule has 0 aromatic heterocycles. The molecule has 0 saturated heterocycles.